The molecule has 0 N–H and O–H groups in total. The number of methoxy groups -OCH3 is 1. The van der Waals surface area contributed by atoms with Gasteiger partial charge < -0.3 is 9.64 Å². The number of amides is 2. The molecule has 0 radical (unpaired) electrons. The summed E-state index contributed by atoms with van der Waals surface area (Å²) in [7, 11) is -1.92. The van der Waals surface area contributed by atoms with Crippen molar-refractivity contribution in [2.45, 2.75) is 25.8 Å². The molecule has 9 heteroatoms. The number of urea groups is 1. The fraction of sp³-hybridized carbons (Fsp3) is 0.391. The molecule has 0 unspecified atom stereocenters. The highest BCUT2D eigenvalue weighted by atomic mass is 32.2. The third-order valence-corrected chi connectivity index (χ3v) is 7.65. The fourth-order valence-corrected chi connectivity index (χ4v) is 5.36. The molecule has 0 saturated carbocycles. The number of carbonyl (C=O) groups is 2. The van der Waals surface area contributed by atoms with E-state index in [1.165, 1.54) is 40.2 Å². The summed E-state index contributed by atoms with van der Waals surface area (Å²) in [6, 6.07) is 9.47. The normalized spacial score (nSPS) is 17.0. The van der Waals surface area contributed by atoms with Gasteiger partial charge >= 0.3 is 12.0 Å². The van der Waals surface area contributed by atoms with Crippen molar-refractivity contribution in [1.29, 1.82) is 0 Å². The smallest absolute Gasteiger partial charge is 0.337 e. The van der Waals surface area contributed by atoms with E-state index in [1.54, 1.807) is 0 Å². The van der Waals surface area contributed by atoms with Crippen LogP contribution >= 0.6 is 0 Å². The van der Waals surface area contributed by atoms with Gasteiger partial charge in [-0.3, -0.25) is 4.90 Å². The van der Waals surface area contributed by atoms with Crippen molar-refractivity contribution in [3.05, 3.63) is 64.5 Å². The van der Waals surface area contributed by atoms with Gasteiger partial charge in [0.05, 0.1) is 30.7 Å². The first kappa shape index (κ1) is 22.3. The molecule has 0 bridgehead atoms. The molecule has 7 nitrogen and oxygen atoms in total. The molecule has 2 aromatic carbocycles. The molecule has 2 aliphatic rings. The number of anilines is 1. The van der Waals surface area contributed by atoms with Crippen LogP contribution in [0.1, 0.15) is 33.5 Å². The van der Waals surface area contributed by atoms with Gasteiger partial charge in [0.25, 0.3) is 0 Å². The standard InChI is InChI=1S/C23H25FN2O5S/c1-31-22(27)18-5-6-19(21(24)14-18)15-26(20-8-7-16-3-2-4-17(16)13-20)23(28)25-9-11-32(29,30)12-10-25/h5-8,13-14H,2-4,9-12,15H2,1H3. The van der Waals surface area contributed by atoms with Crippen LogP contribution in [0.2, 0.25) is 0 Å². The molecule has 4 rings (SSSR count). The molecule has 2 amide bonds. The van der Waals surface area contributed by atoms with Crippen molar-refractivity contribution < 1.29 is 27.1 Å². The Morgan fingerprint density at radius 3 is 2.47 bits per heavy atom. The second kappa shape index (κ2) is 8.90. The molecular weight excluding hydrogens is 435 g/mol. The number of hydrogen-bond acceptors (Lipinski definition) is 5. The molecular formula is C23H25FN2O5S. The molecule has 170 valence electrons. The number of rotatable bonds is 4. The zero-order valence-corrected chi connectivity index (χ0v) is 18.7. The Bertz CT molecular complexity index is 1150. The van der Waals surface area contributed by atoms with Crippen molar-refractivity contribution in [3.8, 4) is 0 Å². The van der Waals surface area contributed by atoms with Crippen LogP contribution in [0.15, 0.2) is 36.4 Å². The molecule has 1 aliphatic carbocycles. The maximum absolute atomic E-state index is 14.8. The molecule has 0 spiro atoms. The molecule has 0 atom stereocenters. The van der Waals surface area contributed by atoms with Gasteiger partial charge in [-0.15, -0.1) is 0 Å². The Balaban J connectivity index is 1.65. The Kier molecular flexibility index (Phi) is 6.19. The number of esters is 1. The van der Waals surface area contributed by atoms with E-state index >= 15 is 0 Å². The van der Waals surface area contributed by atoms with E-state index in [2.05, 4.69) is 4.74 Å². The third kappa shape index (κ3) is 4.62. The van der Waals surface area contributed by atoms with Crippen LogP contribution in [-0.4, -0.2) is 57.0 Å². The number of benzene rings is 2. The first-order valence-electron chi connectivity index (χ1n) is 10.5. The highest BCUT2D eigenvalue weighted by Crippen LogP contribution is 2.29. The molecule has 32 heavy (non-hydrogen) atoms. The van der Waals surface area contributed by atoms with Crippen LogP contribution in [0, 0.1) is 5.82 Å². The minimum atomic E-state index is -3.14. The Morgan fingerprint density at radius 2 is 1.78 bits per heavy atom. The number of aryl methyl sites for hydroxylation is 2. The summed E-state index contributed by atoms with van der Waals surface area (Å²) in [5.74, 6) is -1.43. The maximum atomic E-state index is 14.8. The van der Waals surface area contributed by atoms with E-state index in [-0.39, 0.29) is 48.3 Å². The van der Waals surface area contributed by atoms with Crippen molar-refractivity contribution >= 4 is 27.5 Å². The highest BCUT2D eigenvalue weighted by molar-refractivity contribution is 7.91. The quantitative estimate of drug-likeness (QED) is 0.655. The molecule has 2 aromatic rings. The van der Waals surface area contributed by atoms with Gasteiger partial charge in [-0.25, -0.2) is 22.4 Å². The zero-order chi connectivity index (χ0) is 22.9. The molecule has 1 fully saturated rings. The van der Waals surface area contributed by atoms with Crippen LogP contribution in [0.5, 0.6) is 0 Å². The van der Waals surface area contributed by atoms with Gasteiger partial charge in [0, 0.05) is 24.3 Å². The first-order chi connectivity index (χ1) is 15.3. The zero-order valence-electron chi connectivity index (χ0n) is 17.8. The van der Waals surface area contributed by atoms with Crippen LogP contribution in [-0.2, 0) is 34.0 Å². The van der Waals surface area contributed by atoms with Gasteiger partial charge in [0.1, 0.15) is 5.82 Å². The van der Waals surface area contributed by atoms with E-state index in [4.69, 9.17) is 0 Å². The summed E-state index contributed by atoms with van der Waals surface area (Å²) >= 11 is 0. The SMILES string of the molecule is COC(=O)c1ccc(CN(C(=O)N2CCS(=O)(=O)CC2)c2ccc3c(c2)CCC3)c(F)c1. The Morgan fingerprint density at radius 1 is 1.06 bits per heavy atom. The number of ether oxygens (including phenoxy) is 1. The van der Waals surface area contributed by atoms with Gasteiger partial charge in [0.2, 0.25) is 0 Å². The number of sulfone groups is 1. The molecule has 1 saturated heterocycles. The summed E-state index contributed by atoms with van der Waals surface area (Å²) in [4.78, 5) is 28.1. The van der Waals surface area contributed by atoms with Gasteiger partial charge in [-0.05, 0) is 54.7 Å². The largest absolute Gasteiger partial charge is 0.465 e. The lowest BCUT2D eigenvalue weighted by molar-refractivity contribution is 0.0600. The van der Waals surface area contributed by atoms with Crippen LogP contribution in [0.3, 0.4) is 0 Å². The average molecular weight is 461 g/mol. The molecule has 0 aromatic heterocycles. The van der Waals surface area contributed by atoms with Gasteiger partial charge in [0.15, 0.2) is 9.84 Å². The van der Waals surface area contributed by atoms with Gasteiger partial charge in [-0.1, -0.05) is 12.1 Å². The number of nitrogens with zero attached hydrogens (tertiary/aromatic N) is 2. The maximum Gasteiger partial charge on any atom is 0.337 e. The van der Waals surface area contributed by atoms with E-state index in [0.29, 0.717) is 5.69 Å². The lowest BCUT2D eigenvalue weighted by Gasteiger charge is -2.33. The Hall–Kier alpha value is -2.94. The lowest BCUT2D eigenvalue weighted by atomic mass is 10.1. The predicted molar refractivity (Wildman–Crippen MR) is 118 cm³/mol. The lowest BCUT2D eigenvalue weighted by Crippen LogP contribution is -2.49. The van der Waals surface area contributed by atoms with Crippen LogP contribution < -0.4 is 4.90 Å². The number of fused-ring (bicyclic) bond motifs is 1. The summed E-state index contributed by atoms with van der Waals surface area (Å²) in [5, 5.41) is 0. The van der Waals surface area contributed by atoms with Crippen molar-refractivity contribution in [2.24, 2.45) is 0 Å². The topological polar surface area (TPSA) is 84.0 Å². The fourth-order valence-electron chi connectivity index (χ4n) is 4.16. The van der Waals surface area contributed by atoms with Crippen molar-refractivity contribution in [3.63, 3.8) is 0 Å². The van der Waals surface area contributed by atoms with Crippen LogP contribution in [0.4, 0.5) is 14.9 Å². The number of halogens is 1. The van der Waals surface area contributed by atoms with Crippen molar-refractivity contribution in [2.75, 3.05) is 36.6 Å². The van der Waals surface area contributed by atoms with Gasteiger partial charge in [-0.2, -0.15) is 0 Å². The number of carbonyl (C=O) groups excluding carboxylic acids is 2. The molecule has 1 heterocycles. The van der Waals surface area contributed by atoms with E-state index in [0.717, 1.165) is 25.3 Å². The third-order valence-electron chi connectivity index (χ3n) is 6.04. The summed E-state index contributed by atoms with van der Waals surface area (Å²) in [6.07, 6.45) is 2.98. The summed E-state index contributed by atoms with van der Waals surface area (Å²) in [6.45, 7) is 0.160. The molecule has 1 aliphatic heterocycles. The highest BCUT2D eigenvalue weighted by Gasteiger charge is 2.30. The predicted octanol–water partition coefficient (Wildman–Crippen LogP) is 2.96. The monoisotopic (exact) mass is 460 g/mol. The van der Waals surface area contributed by atoms with Crippen molar-refractivity contribution in [1.82, 2.24) is 4.90 Å². The van der Waals surface area contributed by atoms with E-state index in [1.807, 2.05) is 18.2 Å². The second-order valence-corrected chi connectivity index (χ2v) is 10.4. The minimum absolute atomic E-state index is 0.0475. The summed E-state index contributed by atoms with van der Waals surface area (Å²) in [5.41, 5.74) is 3.39. The van der Waals surface area contributed by atoms with E-state index < -0.39 is 21.6 Å². The van der Waals surface area contributed by atoms with Crippen LogP contribution in [0.25, 0.3) is 0 Å². The first-order valence-corrected chi connectivity index (χ1v) is 12.3. The second-order valence-electron chi connectivity index (χ2n) is 8.11. The summed E-state index contributed by atoms with van der Waals surface area (Å²) < 4.78 is 43.0. The number of hydrogen-bond donors (Lipinski definition) is 0. The van der Waals surface area contributed by atoms with E-state index in [9.17, 15) is 22.4 Å². The average Bonchev–Trinajstić information content (AvgIpc) is 3.25. The Labute approximate surface area is 186 Å². The minimum Gasteiger partial charge on any atom is -0.465 e.